The Bertz CT molecular complexity index is 2000. The number of likely N-dealkylation sites (tertiary alicyclic amines) is 2. The van der Waals surface area contributed by atoms with Crippen molar-refractivity contribution in [3.05, 3.63) is 87.9 Å². The number of carbonyl (C=O) groups excluding carboxylic acids is 4. The molecule has 4 heterocycles. The summed E-state index contributed by atoms with van der Waals surface area (Å²) >= 11 is 6.13. The number of halogens is 4. The van der Waals surface area contributed by atoms with Gasteiger partial charge in [0.2, 0.25) is 0 Å². The number of fused-ring (bicyclic) bond motifs is 1. The number of para-hydroxylation sites is 1. The summed E-state index contributed by atoms with van der Waals surface area (Å²) in [6.45, 7) is 5.34. The number of benzene rings is 3. The lowest BCUT2D eigenvalue weighted by atomic mass is 10.0. The Kier molecular flexibility index (Phi) is 13.0. The quantitative estimate of drug-likeness (QED) is 0.173. The van der Waals surface area contributed by atoms with Gasteiger partial charge in [-0.05, 0) is 92.4 Å². The Labute approximate surface area is 346 Å². The molecule has 3 N–H and O–H groups in total. The second-order valence-corrected chi connectivity index (χ2v) is 15.9. The Morgan fingerprint density at radius 3 is 2.27 bits per heavy atom. The molecule has 3 saturated heterocycles. The number of ether oxygens (including phenoxy) is 2. The number of alkyl halides is 3. The van der Waals surface area contributed by atoms with E-state index in [1.165, 1.54) is 22.3 Å². The lowest BCUT2D eigenvalue weighted by Crippen LogP contribution is -2.54. The smallest absolute Gasteiger partial charge is 0.418 e. The number of hydrogen-bond donors (Lipinski definition) is 2. The molecule has 3 aromatic rings. The van der Waals surface area contributed by atoms with Crippen molar-refractivity contribution in [2.75, 3.05) is 81.5 Å². The Hall–Kier alpha value is -5.22. The van der Waals surface area contributed by atoms with E-state index >= 15 is 0 Å². The van der Waals surface area contributed by atoms with Gasteiger partial charge in [0.1, 0.15) is 6.61 Å². The van der Waals surface area contributed by atoms with Crippen LogP contribution in [0.2, 0.25) is 5.02 Å². The van der Waals surface area contributed by atoms with Crippen molar-refractivity contribution in [1.82, 2.24) is 19.6 Å². The first-order valence-corrected chi connectivity index (χ1v) is 20.5. The van der Waals surface area contributed by atoms with Crippen molar-refractivity contribution in [3.63, 3.8) is 0 Å². The number of hydrogen-bond acceptors (Lipinski definition) is 9. The summed E-state index contributed by atoms with van der Waals surface area (Å²) in [6, 6.07) is 16.4. The predicted octanol–water partition coefficient (Wildman–Crippen LogP) is 6.49. The minimum atomic E-state index is -4.81. The van der Waals surface area contributed by atoms with Crippen molar-refractivity contribution in [2.45, 2.75) is 63.4 Å². The molecule has 3 aromatic carbocycles. The monoisotopic (exact) mass is 839 g/mol. The standard InChI is InChI=1S/C42H49ClF3N7O6/c43-34-25-28(24-33(37(34)47)42(44,45)46)26-36(59-41(57)52-16-12-32(13-17-52)53-27-30-6-2-3-7-35(30)48-40(53)56)38(54)51-20-18-50(19-21-51)31-10-8-29(9-11-31)39(55)58-23-22-49-14-4-1-5-15-49/h2-3,6-11,24-25,32,36H,1,4-5,12-23,26-27,47H2,(H,48,56)/t36-/m1/s1. The molecule has 0 bridgehead atoms. The Morgan fingerprint density at radius 2 is 1.58 bits per heavy atom. The molecule has 316 valence electrons. The number of carbonyl (C=O) groups is 4. The number of piperidine rings is 2. The van der Waals surface area contributed by atoms with E-state index in [0.717, 1.165) is 48.9 Å². The molecule has 0 unspecified atom stereocenters. The van der Waals surface area contributed by atoms with Crippen LogP contribution in [-0.2, 0) is 33.4 Å². The fourth-order valence-corrected chi connectivity index (χ4v) is 8.47. The highest BCUT2D eigenvalue weighted by Crippen LogP contribution is 2.38. The highest BCUT2D eigenvalue weighted by Gasteiger charge is 2.38. The van der Waals surface area contributed by atoms with Crippen LogP contribution in [-0.4, -0.2) is 121 Å². The van der Waals surface area contributed by atoms with Gasteiger partial charge in [-0.25, -0.2) is 14.4 Å². The SMILES string of the molecule is Nc1c(Cl)cc(C[C@@H](OC(=O)N2CCC(N3Cc4ccccc4NC3=O)CC2)C(=O)N2CCN(c3ccc(C(=O)OCCN4CCCCC4)cc3)CC2)cc1C(F)(F)F. The summed E-state index contributed by atoms with van der Waals surface area (Å²) in [5, 5.41) is 2.59. The van der Waals surface area contributed by atoms with Crippen LogP contribution in [0.1, 0.15) is 59.2 Å². The minimum absolute atomic E-state index is 0.0292. The van der Waals surface area contributed by atoms with Crippen molar-refractivity contribution < 1.29 is 41.8 Å². The molecule has 59 heavy (non-hydrogen) atoms. The number of anilines is 3. The maximum Gasteiger partial charge on any atom is 0.418 e. The van der Waals surface area contributed by atoms with E-state index in [1.54, 1.807) is 17.0 Å². The van der Waals surface area contributed by atoms with Crippen molar-refractivity contribution in [3.8, 4) is 0 Å². The number of nitrogens with two attached hydrogens (primary N) is 1. The van der Waals surface area contributed by atoms with Crippen LogP contribution in [0, 0.1) is 0 Å². The van der Waals surface area contributed by atoms with Gasteiger partial charge in [0, 0.05) is 76.2 Å². The summed E-state index contributed by atoms with van der Waals surface area (Å²) in [5.41, 5.74) is 6.96. The van der Waals surface area contributed by atoms with Crippen LogP contribution in [0.4, 0.5) is 39.8 Å². The van der Waals surface area contributed by atoms with Gasteiger partial charge in [-0.1, -0.05) is 36.2 Å². The molecule has 0 aromatic heterocycles. The van der Waals surface area contributed by atoms with E-state index in [2.05, 4.69) is 15.1 Å². The summed E-state index contributed by atoms with van der Waals surface area (Å²) in [5.74, 6) is -0.945. The van der Waals surface area contributed by atoms with Crippen LogP contribution in [0.25, 0.3) is 0 Å². The Balaban J connectivity index is 0.975. The highest BCUT2D eigenvalue weighted by molar-refractivity contribution is 6.33. The first kappa shape index (κ1) is 41.9. The number of nitrogens with zero attached hydrogens (tertiary/aromatic N) is 5. The molecule has 7 rings (SSSR count). The van der Waals surface area contributed by atoms with Gasteiger partial charge in [-0.15, -0.1) is 0 Å². The lowest BCUT2D eigenvalue weighted by Gasteiger charge is -2.40. The van der Waals surface area contributed by atoms with Gasteiger partial charge < -0.3 is 40.1 Å². The number of nitrogen functional groups attached to an aromatic ring is 1. The van der Waals surface area contributed by atoms with Crippen LogP contribution < -0.4 is 16.0 Å². The van der Waals surface area contributed by atoms with Gasteiger partial charge in [0.25, 0.3) is 5.91 Å². The molecule has 4 aliphatic rings. The van der Waals surface area contributed by atoms with Crippen LogP contribution in [0.5, 0.6) is 0 Å². The van der Waals surface area contributed by atoms with Crippen LogP contribution >= 0.6 is 11.6 Å². The van der Waals surface area contributed by atoms with Gasteiger partial charge in [-0.2, -0.15) is 13.2 Å². The maximum atomic E-state index is 14.1. The van der Waals surface area contributed by atoms with E-state index in [-0.39, 0.29) is 61.2 Å². The third kappa shape index (κ3) is 10.2. The number of esters is 1. The molecule has 1 atom stereocenters. The molecule has 0 aliphatic carbocycles. The van der Waals surface area contributed by atoms with Crippen molar-refractivity contribution in [2.24, 2.45) is 0 Å². The van der Waals surface area contributed by atoms with E-state index in [0.29, 0.717) is 51.2 Å². The molecular formula is C42H49ClF3N7O6. The molecule has 0 radical (unpaired) electrons. The first-order chi connectivity index (χ1) is 28.3. The zero-order valence-corrected chi connectivity index (χ0v) is 33.5. The zero-order chi connectivity index (χ0) is 41.7. The van der Waals surface area contributed by atoms with Gasteiger partial charge in [-0.3, -0.25) is 9.69 Å². The number of rotatable bonds is 10. The molecular weight excluding hydrogens is 791 g/mol. The van der Waals surface area contributed by atoms with Crippen molar-refractivity contribution in [1.29, 1.82) is 0 Å². The topological polar surface area (TPSA) is 141 Å². The van der Waals surface area contributed by atoms with E-state index in [1.807, 2.05) is 36.4 Å². The number of nitrogens with one attached hydrogen (secondary N) is 1. The van der Waals surface area contributed by atoms with E-state index < -0.39 is 35.5 Å². The summed E-state index contributed by atoms with van der Waals surface area (Å²) in [4.78, 5) is 62.5. The fraction of sp³-hybridized carbons (Fsp3) is 0.476. The minimum Gasteiger partial charge on any atom is -0.461 e. The number of amides is 4. The molecule has 0 saturated carbocycles. The fourth-order valence-electron chi connectivity index (χ4n) is 8.22. The van der Waals surface area contributed by atoms with Crippen LogP contribution in [0.15, 0.2) is 60.7 Å². The van der Waals surface area contributed by atoms with Gasteiger partial charge in [0.15, 0.2) is 6.10 Å². The maximum absolute atomic E-state index is 14.1. The largest absolute Gasteiger partial charge is 0.461 e. The van der Waals surface area contributed by atoms with E-state index in [4.69, 9.17) is 26.8 Å². The normalized spacial score (nSPS) is 18.5. The second-order valence-electron chi connectivity index (χ2n) is 15.4. The average molecular weight is 840 g/mol. The molecule has 13 nitrogen and oxygen atoms in total. The molecule has 4 amide bonds. The van der Waals surface area contributed by atoms with Gasteiger partial charge >= 0.3 is 24.3 Å². The molecule has 4 aliphatic heterocycles. The molecule has 17 heteroatoms. The lowest BCUT2D eigenvalue weighted by molar-refractivity contribution is -0.141. The molecule has 0 spiro atoms. The zero-order valence-electron chi connectivity index (χ0n) is 32.7. The van der Waals surface area contributed by atoms with Gasteiger partial charge in [0.05, 0.1) is 21.8 Å². The Morgan fingerprint density at radius 1 is 0.881 bits per heavy atom. The number of piperazine rings is 1. The third-order valence-electron chi connectivity index (χ3n) is 11.6. The number of urea groups is 1. The third-order valence-corrected chi connectivity index (χ3v) is 11.9. The summed E-state index contributed by atoms with van der Waals surface area (Å²) in [7, 11) is 0. The average Bonchev–Trinajstić information content (AvgIpc) is 3.24. The summed E-state index contributed by atoms with van der Waals surface area (Å²) < 4.78 is 53.1. The van der Waals surface area contributed by atoms with E-state index in [9.17, 15) is 32.3 Å². The highest BCUT2D eigenvalue weighted by atomic mass is 35.5. The molecule has 3 fully saturated rings. The van der Waals surface area contributed by atoms with Crippen molar-refractivity contribution >= 4 is 52.7 Å². The summed E-state index contributed by atoms with van der Waals surface area (Å²) in [6.07, 6.45) is -2.92. The first-order valence-electron chi connectivity index (χ1n) is 20.1. The second kappa shape index (κ2) is 18.4. The predicted molar refractivity (Wildman–Crippen MR) is 216 cm³/mol. The van der Waals surface area contributed by atoms with Crippen LogP contribution in [0.3, 0.4) is 0 Å².